The van der Waals surface area contributed by atoms with Gasteiger partial charge in [0.15, 0.2) is 0 Å². The van der Waals surface area contributed by atoms with Crippen LogP contribution in [0.1, 0.15) is 32.6 Å². The lowest BCUT2D eigenvalue weighted by atomic mass is 10.2. The number of hydrogen-bond acceptors (Lipinski definition) is 3. The van der Waals surface area contributed by atoms with Crippen LogP contribution in [0.25, 0.3) is 0 Å². The second-order valence-corrected chi connectivity index (χ2v) is 4.10. The van der Waals surface area contributed by atoms with E-state index in [0.29, 0.717) is 13.1 Å². The highest BCUT2D eigenvalue weighted by atomic mass is 16.5. The van der Waals surface area contributed by atoms with E-state index in [1.807, 2.05) is 6.92 Å². The standard InChI is InChI=1S/C12H24N2O4/c1-3-8-14(10-11(15)16)12(17)13-7-5-4-6-9-18-2/h3-10H2,1-2H3,(H,13,17)(H,15,16). The highest BCUT2D eigenvalue weighted by Crippen LogP contribution is 1.96. The Labute approximate surface area is 108 Å². The summed E-state index contributed by atoms with van der Waals surface area (Å²) < 4.78 is 4.92. The van der Waals surface area contributed by atoms with Gasteiger partial charge in [0.05, 0.1) is 0 Å². The number of unbranched alkanes of at least 4 members (excludes halogenated alkanes) is 2. The van der Waals surface area contributed by atoms with Crippen LogP contribution in [0.15, 0.2) is 0 Å². The lowest BCUT2D eigenvalue weighted by molar-refractivity contribution is -0.137. The minimum absolute atomic E-state index is 0.247. The summed E-state index contributed by atoms with van der Waals surface area (Å²) >= 11 is 0. The van der Waals surface area contributed by atoms with Crippen molar-refractivity contribution < 1.29 is 19.4 Å². The number of nitrogens with zero attached hydrogens (tertiary/aromatic N) is 1. The number of rotatable bonds is 10. The molecule has 0 aliphatic heterocycles. The third-order valence-electron chi connectivity index (χ3n) is 2.41. The van der Waals surface area contributed by atoms with E-state index < -0.39 is 5.97 Å². The van der Waals surface area contributed by atoms with Gasteiger partial charge in [0, 0.05) is 26.8 Å². The van der Waals surface area contributed by atoms with Gasteiger partial charge in [-0.3, -0.25) is 4.79 Å². The van der Waals surface area contributed by atoms with Gasteiger partial charge in [-0.1, -0.05) is 6.92 Å². The van der Waals surface area contributed by atoms with Gasteiger partial charge in [0.25, 0.3) is 0 Å². The Morgan fingerprint density at radius 3 is 2.56 bits per heavy atom. The van der Waals surface area contributed by atoms with E-state index in [1.165, 1.54) is 4.90 Å². The first-order chi connectivity index (χ1) is 8.61. The normalized spacial score (nSPS) is 10.1. The molecule has 0 aliphatic carbocycles. The number of amides is 2. The summed E-state index contributed by atoms with van der Waals surface area (Å²) in [4.78, 5) is 23.6. The minimum Gasteiger partial charge on any atom is -0.480 e. The van der Waals surface area contributed by atoms with E-state index in [4.69, 9.17) is 9.84 Å². The van der Waals surface area contributed by atoms with E-state index >= 15 is 0 Å². The topological polar surface area (TPSA) is 78.9 Å². The Balaban J connectivity index is 3.77. The Hall–Kier alpha value is -1.30. The van der Waals surface area contributed by atoms with E-state index in [0.717, 1.165) is 32.3 Å². The monoisotopic (exact) mass is 260 g/mol. The Bertz CT molecular complexity index is 246. The van der Waals surface area contributed by atoms with E-state index in [9.17, 15) is 9.59 Å². The highest BCUT2D eigenvalue weighted by molar-refractivity contribution is 5.79. The lowest BCUT2D eigenvalue weighted by Gasteiger charge is -2.20. The number of carbonyl (C=O) groups excluding carboxylic acids is 1. The molecule has 6 heteroatoms. The van der Waals surface area contributed by atoms with Crippen molar-refractivity contribution in [3.8, 4) is 0 Å². The second-order valence-electron chi connectivity index (χ2n) is 4.10. The summed E-state index contributed by atoms with van der Waals surface area (Å²) in [6, 6.07) is -0.300. The molecule has 0 aromatic rings. The van der Waals surface area contributed by atoms with Gasteiger partial charge in [0.2, 0.25) is 0 Å². The molecule has 0 fully saturated rings. The SMILES string of the molecule is CCCN(CC(=O)O)C(=O)NCCCCCOC. The highest BCUT2D eigenvalue weighted by Gasteiger charge is 2.14. The summed E-state index contributed by atoms with van der Waals surface area (Å²) in [6.07, 6.45) is 3.58. The number of ether oxygens (including phenoxy) is 1. The van der Waals surface area contributed by atoms with Crippen LogP contribution in [0.4, 0.5) is 4.79 Å². The number of methoxy groups -OCH3 is 1. The lowest BCUT2D eigenvalue weighted by Crippen LogP contribution is -2.43. The maximum Gasteiger partial charge on any atom is 0.323 e. The quantitative estimate of drug-likeness (QED) is 0.580. The molecule has 0 bridgehead atoms. The molecule has 0 radical (unpaired) electrons. The number of carboxylic acid groups (broad SMARTS) is 1. The average Bonchev–Trinajstić information content (AvgIpc) is 2.32. The van der Waals surface area contributed by atoms with Crippen molar-refractivity contribution >= 4 is 12.0 Å². The second kappa shape index (κ2) is 10.8. The average molecular weight is 260 g/mol. The van der Waals surface area contributed by atoms with Gasteiger partial charge < -0.3 is 20.1 Å². The summed E-state index contributed by atoms with van der Waals surface area (Å²) in [5, 5.41) is 11.4. The first kappa shape index (κ1) is 16.7. The molecule has 0 atom stereocenters. The zero-order valence-corrected chi connectivity index (χ0v) is 11.3. The molecule has 0 aliphatic rings. The largest absolute Gasteiger partial charge is 0.480 e. The summed E-state index contributed by atoms with van der Waals surface area (Å²) in [7, 11) is 1.66. The van der Waals surface area contributed by atoms with Crippen LogP contribution in [0.3, 0.4) is 0 Å². The fourth-order valence-corrected chi connectivity index (χ4v) is 1.54. The number of carbonyl (C=O) groups is 2. The predicted octanol–water partition coefficient (Wildman–Crippen LogP) is 1.31. The first-order valence-electron chi connectivity index (χ1n) is 6.35. The molecule has 2 N–H and O–H groups in total. The molecule has 18 heavy (non-hydrogen) atoms. The van der Waals surface area contributed by atoms with Crippen LogP contribution in [-0.2, 0) is 9.53 Å². The molecule has 0 aromatic carbocycles. The van der Waals surface area contributed by atoms with Gasteiger partial charge >= 0.3 is 12.0 Å². The molecule has 6 nitrogen and oxygen atoms in total. The zero-order valence-electron chi connectivity index (χ0n) is 11.3. The molecule has 2 amide bonds. The van der Waals surface area contributed by atoms with Crippen molar-refractivity contribution in [2.24, 2.45) is 0 Å². The van der Waals surface area contributed by atoms with Crippen molar-refractivity contribution in [1.29, 1.82) is 0 Å². The van der Waals surface area contributed by atoms with E-state index in [-0.39, 0.29) is 12.6 Å². The fraction of sp³-hybridized carbons (Fsp3) is 0.833. The van der Waals surface area contributed by atoms with Crippen LogP contribution in [-0.4, -0.2) is 55.4 Å². The van der Waals surface area contributed by atoms with Gasteiger partial charge in [-0.2, -0.15) is 0 Å². The van der Waals surface area contributed by atoms with Gasteiger partial charge in [-0.15, -0.1) is 0 Å². The molecule has 0 aromatic heterocycles. The smallest absolute Gasteiger partial charge is 0.323 e. The van der Waals surface area contributed by atoms with Crippen molar-refractivity contribution in [1.82, 2.24) is 10.2 Å². The van der Waals surface area contributed by atoms with Crippen LogP contribution >= 0.6 is 0 Å². The molecular weight excluding hydrogens is 236 g/mol. The Kier molecular flexibility index (Phi) is 10.0. The maximum absolute atomic E-state index is 11.7. The van der Waals surface area contributed by atoms with Gasteiger partial charge in [0.1, 0.15) is 6.54 Å². The molecule has 0 spiro atoms. The number of urea groups is 1. The van der Waals surface area contributed by atoms with Crippen LogP contribution in [0, 0.1) is 0 Å². The van der Waals surface area contributed by atoms with Crippen LogP contribution < -0.4 is 5.32 Å². The molecule has 0 saturated heterocycles. The summed E-state index contributed by atoms with van der Waals surface area (Å²) in [6.45, 7) is 3.43. The Morgan fingerprint density at radius 1 is 1.28 bits per heavy atom. The maximum atomic E-state index is 11.7. The van der Waals surface area contributed by atoms with Crippen molar-refractivity contribution in [2.45, 2.75) is 32.6 Å². The zero-order chi connectivity index (χ0) is 13.8. The van der Waals surface area contributed by atoms with Gasteiger partial charge in [-0.05, 0) is 25.7 Å². The first-order valence-corrected chi connectivity index (χ1v) is 6.35. The molecule has 0 heterocycles. The minimum atomic E-state index is -0.987. The number of nitrogens with one attached hydrogen (secondary N) is 1. The van der Waals surface area contributed by atoms with Crippen molar-refractivity contribution in [3.63, 3.8) is 0 Å². The van der Waals surface area contributed by atoms with E-state index in [1.54, 1.807) is 7.11 Å². The third kappa shape index (κ3) is 8.81. The molecule has 0 unspecified atom stereocenters. The molecule has 0 saturated carbocycles. The Morgan fingerprint density at radius 2 is 2.00 bits per heavy atom. The predicted molar refractivity (Wildman–Crippen MR) is 68.6 cm³/mol. The van der Waals surface area contributed by atoms with E-state index in [2.05, 4.69) is 5.32 Å². The summed E-state index contributed by atoms with van der Waals surface area (Å²) in [5.41, 5.74) is 0. The third-order valence-corrected chi connectivity index (χ3v) is 2.41. The number of aliphatic carboxylic acids is 1. The number of hydrogen-bond donors (Lipinski definition) is 2. The van der Waals surface area contributed by atoms with Crippen molar-refractivity contribution in [3.05, 3.63) is 0 Å². The molecule has 106 valence electrons. The fourth-order valence-electron chi connectivity index (χ4n) is 1.54. The van der Waals surface area contributed by atoms with Crippen LogP contribution in [0.2, 0.25) is 0 Å². The summed E-state index contributed by atoms with van der Waals surface area (Å²) in [5.74, 6) is -0.987. The number of carboxylic acids is 1. The molecular formula is C12H24N2O4. The van der Waals surface area contributed by atoms with Gasteiger partial charge in [-0.25, -0.2) is 4.79 Å². The van der Waals surface area contributed by atoms with Crippen molar-refractivity contribution in [2.75, 3.05) is 33.4 Å². The van der Waals surface area contributed by atoms with Crippen LogP contribution in [0.5, 0.6) is 0 Å². The molecule has 0 rings (SSSR count).